The molecule has 0 saturated carbocycles. The largest absolute Gasteiger partial charge is 0.508 e. The standard InChI is InChI=1S/C16H17NO2S/c1-12-2-4-13(5-3-12)10-17-16(19)11-20-15-8-6-14(18)7-9-15/h2-9,18H,10-11H2,1H3,(H,17,19). The summed E-state index contributed by atoms with van der Waals surface area (Å²) in [6.07, 6.45) is 0. The summed E-state index contributed by atoms with van der Waals surface area (Å²) in [5, 5.41) is 12.1. The molecule has 0 fully saturated rings. The predicted molar refractivity (Wildman–Crippen MR) is 81.9 cm³/mol. The highest BCUT2D eigenvalue weighted by molar-refractivity contribution is 8.00. The molecule has 3 nitrogen and oxygen atoms in total. The minimum absolute atomic E-state index is 0.00338. The van der Waals surface area contributed by atoms with E-state index in [1.807, 2.05) is 31.2 Å². The number of benzene rings is 2. The van der Waals surface area contributed by atoms with E-state index < -0.39 is 0 Å². The molecule has 4 heteroatoms. The molecule has 20 heavy (non-hydrogen) atoms. The average molecular weight is 287 g/mol. The molecule has 2 aromatic carbocycles. The van der Waals surface area contributed by atoms with Gasteiger partial charge in [-0.25, -0.2) is 0 Å². The minimum atomic E-state index is 0.00338. The SMILES string of the molecule is Cc1ccc(CNC(=O)CSc2ccc(O)cc2)cc1. The first-order chi connectivity index (χ1) is 9.63. The van der Waals surface area contributed by atoms with Crippen LogP contribution in [0.4, 0.5) is 0 Å². The molecule has 104 valence electrons. The number of carbonyl (C=O) groups is 1. The quantitative estimate of drug-likeness (QED) is 0.831. The maximum atomic E-state index is 11.7. The highest BCUT2D eigenvalue weighted by atomic mass is 32.2. The van der Waals surface area contributed by atoms with E-state index in [0.29, 0.717) is 12.3 Å². The molecule has 0 spiro atoms. The summed E-state index contributed by atoms with van der Waals surface area (Å²) in [6.45, 7) is 2.59. The fraction of sp³-hybridized carbons (Fsp3) is 0.188. The molecule has 0 aliphatic rings. The van der Waals surface area contributed by atoms with Crippen molar-refractivity contribution in [1.82, 2.24) is 5.32 Å². The minimum Gasteiger partial charge on any atom is -0.508 e. The molecular weight excluding hydrogens is 270 g/mol. The van der Waals surface area contributed by atoms with Gasteiger partial charge >= 0.3 is 0 Å². The van der Waals surface area contributed by atoms with Crippen molar-refractivity contribution in [3.63, 3.8) is 0 Å². The highest BCUT2D eigenvalue weighted by Gasteiger charge is 2.03. The second-order valence-electron chi connectivity index (χ2n) is 4.54. The van der Waals surface area contributed by atoms with Crippen molar-refractivity contribution in [3.05, 3.63) is 59.7 Å². The average Bonchev–Trinajstić information content (AvgIpc) is 2.46. The molecule has 0 aliphatic heterocycles. The van der Waals surface area contributed by atoms with Crippen molar-refractivity contribution in [2.24, 2.45) is 0 Å². The molecule has 0 heterocycles. The normalized spacial score (nSPS) is 10.2. The number of carbonyl (C=O) groups excluding carboxylic acids is 1. The fourth-order valence-electron chi connectivity index (χ4n) is 1.65. The van der Waals surface area contributed by atoms with E-state index in [9.17, 15) is 9.90 Å². The van der Waals surface area contributed by atoms with Crippen molar-refractivity contribution in [2.75, 3.05) is 5.75 Å². The number of thioether (sulfide) groups is 1. The number of aryl methyl sites for hydroxylation is 1. The summed E-state index contributed by atoms with van der Waals surface area (Å²) in [5.74, 6) is 0.609. The maximum absolute atomic E-state index is 11.7. The van der Waals surface area contributed by atoms with Crippen LogP contribution in [0.25, 0.3) is 0 Å². The van der Waals surface area contributed by atoms with Crippen LogP contribution in [0.15, 0.2) is 53.4 Å². The summed E-state index contributed by atoms with van der Waals surface area (Å²) >= 11 is 1.45. The van der Waals surface area contributed by atoms with Crippen molar-refractivity contribution in [2.45, 2.75) is 18.4 Å². The smallest absolute Gasteiger partial charge is 0.230 e. The van der Waals surface area contributed by atoms with Crippen LogP contribution in [0.5, 0.6) is 5.75 Å². The number of rotatable bonds is 5. The first-order valence-corrected chi connectivity index (χ1v) is 7.36. The number of hydrogen-bond donors (Lipinski definition) is 2. The lowest BCUT2D eigenvalue weighted by Crippen LogP contribution is -2.24. The molecule has 0 saturated heterocycles. The third-order valence-corrected chi connectivity index (χ3v) is 3.83. The molecule has 0 radical (unpaired) electrons. The Bertz CT molecular complexity index is 513. The van der Waals surface area contributed by atoms with E-state index in [4.69, 9.17) is 0 Å². The van der Waals surface area contributed by atoms with Crippen LogP contribution < -0.4 is 5.32 Å². The zero-order chi connectivity index (χ0) is 14.4. The summed E-state index contributed by atoms with van der Waals surface area (Å²) in [5.41, 5.74) is 2.31. The second kappa shape index (κ2) is 7.01. The second-order valence-corrected chi connectivity index (χ2v) is 5.59. The van der Waals surface area contributed by atoms with Crippen LogP contribution in [-0.2, 0) is 11.3 Å². The van der Waals surface area contributed by atoms with Crippen molar-refractivity contribution in [3.8, 4) is 5.75 Å². The summed E-state index contributed by atoms with van der Waals surface area (Å²) in [4.78, 5) is 12.7. The van der Waals surface area contributed by atoms with Crippen LogP contribution in [0.1, 0.15) is 11.1 Å². The Balaban J connectivity index is 1.75. The third-order valence-electron chi connectivity index (χ3n) is 2.82. The third kappa shape index (κ3) is 4.63. The first-order valence-electron chi connectivity index (χ1n) is 6.37. The van der Waals surface area contributed by atoms with Crippen molar-refractivity contribution < 1.29 is 9.90 Å². The number of aromatic hydroxyl groups is 1. The molecule has 2 aromatic rings. The van der Waals surface area contributed by atoms with Gasteiger partial charge in [0.2, 0.25) is 5.91 Å². The van der Waals surface area contributed by atoms with Gasteiger partial charge in [0.15, 0.2) is 0 Å². The Morgan fingerprint density at radius 3 is 2.40 bits per heavy atom. The van der Waals surface area contributed by atoms with Gasteiger partial charge < -0.3 is 10.4 Å². The molecule has 0 aromatic heterocycles. The molecule has 0 unspecified atom stereocenters. The van der Waals surface area contributed by atoms with Gasteiger partial charge in [-0.3, -0.25) is 4.79 Å². The van der Waals surface area contributed by atoms with Gasteiger partial charge in [0.25, 0.3) is 0 Å². The lowest BCUT2D eigenvalue weighted by Gasteiger charge is -2.06. The van der Waals surface area contributed by atoms with Crippen LogP contribution in [-0.4, -0.2) is 16.8 Å². The number of nitrogens with one attached hydrogen (secondary N) is 1. The molecule has 0 bridgehead atoms. The van der Waals surface area contributed by atoms with E-state index in [1.165, 1.54) is 17.3 Å². The van der Waals surface area contributed by atoms with Gasteiger partial charge in [-0.15, -0.1) is 11.8 Å². The first kappa shape index (κ1) is 14.5. The lowest BCUT2D eigenvalue weighted by molar-refractivity contribution is -0.118. The topological polar surface area (TPSA) is 49.3 Å². The van der Waals surface area contributed by atoms with E-state index in [-0.39, 0.29) is 11.7 Å². The van der Waals surface area contributed by atoms with E-state index in [0.717, 1.165) is 10.5 Å². The molecule has 0 aliphatic carbocycles. The highest BCUT2D eigenvalue weighted by Crippen LogP contribution is 2.20. The van der Waals surface area contributed by atoms with E-state index in [2.05, 4.69) is 5.32 Å². The summed E-state index contributed by atoms with van der Waals surface area (Å²) in [7, 11) is 0. The zero-order valence-corrected chi connectivity index (χ0v) is 12.1. The summed E-state index contributed by atoms with van der Waals surface area (Å²) in [6, 6.07) is 14.9. The van der Waals surface area contributed by atoms with Crippen LogP contribution in [0, 0.1) is 6.92 Å². The van der Waals surface area contributed by atoms with Gasteiger partial charge in [0.05, 0.1) is 5.75 Å². The fourth-order valence-corrected chi connectivity index (χ4v) is 2.38. The van der Waals surface area contributed by atoms with Gasteiger partial charge in [-0.2, -0.15) is 0 Å². The molecular formula is C16H17NO2S. The van der Waals surface area contributed by atoms with Crippen LogP contribution >= 0.6 is 11.8 Å². The monoisotopic (exact) mass is 287 g/mol. The summed E-state index contributed by atoms with van der Waals surface area (Å²) < 4.78 is 0. The molecule has 2 rings (SSSR count). The van der Waals surface area contributed by atoms with Gasteiger partial charge in [0, 0.05) is 11.4 Å². The Morgan fingerprint density at radius 1 is 1.10 bits per heavy atom. The Hall–Kier alpha value is -1.94. The molecule has 0 atom stereocenters. The van der Waals surface area contributed by atoms with Gasteiger partial charge in [-0.05, 0) is 36.8 Å². The Labute approximate surface area is 123 Å². The maximum Gasteiger partial charge on any atom is 0.230 e. The molecule has 2 N–H and O–H groups in total. The van der Waals surface area contributed by atoms with Gasteiger partial charge in [-0.1, -0.05) is 29.8 Å². The Kier molecular flexibility index (Phi) is 5.07. The van der Waals surface area contributed by atoms with E-state index in [1.54, 1.807) is 24.3 Å². The number of amides is 1. The zero-order valence-electron chi connectivity index (χ0n) is 11.3. The number of hydrogen-bond acceptors (Lipinski definition) is 3. The van der Waals surface area contributed by atoms with Gasteiger partial charge in [0.1, 0.15) is 5.75 Å². The Morgan fingerprint density at radius 2 is 1.75 bits per heavy atom. The number of phenolic OH excluding ortho intramolecular Hbond substituents is 1. The van der Waals surface area contributed by atoms with Crippen molar-refractivity contribution >= 4 is 17.7 Å². The predicted octanol–water partition coefficient (Wildman–Crippen LogP) is 3.11. The van der Waals surface area contributed by atoms with Crippen LogP contribution in [0.3, 0.4) is 0 Å². The lowest BCUT2D eigenvalue weighted by atomic mass is 10.1. The van der Waals surface area contributed by atoms with E-state index >= 15 is 0 Å². The van der Waals surface area contributed by atoms with Crippen molar-refractivity contribution in [1.29, 1.82) is 0 Å². The van der Waals surface area contributed by atoms with Crippen LogP contribution in [0.2, 0.25) is 0 Å². The molecule has 1 amide bonds. The number of phenols is 1.